The topological polar surface area (TPSA) is 96.0 Å². The molecule has 0 heterocycles. The van der Waals surface area contributed by atoms with Gasteiger partial charge < -0.3 is 15.0 Å². The third-order valence-electron chi connectivity index (χ3n) is 7.91. The molecule has 8 nitrogen and oxygen atoms in total. The van der Waals surface area contributed by atoms with Crippen molar-refractivity contribution in [1.82, 2.24) is 10.2 Å². The van der Waals surface area contributed by atoms with Crippen molar-refractivity contribution >= 4 is 50.7 Å². The predicted molar refractivity (Wildman–Crippen MR) is 188 cm³/mol. The first-order valence-electron chi connectivity index (χ1n) is 15.2. The van der Waals surface area contributed by atoms with Gasteiger partial charge in [-0.2, -0.15) is 0 Å². The SMILES string of the molecule is CC[C@H](C)NC(=O)[C@@H](Cc1ccccc1)N(Cc1c(Cl)cccc1Cl)C(=O)CN(c1ccc(OC)cc1)S(=O)(=O)c1ccc(C)cc1. The second-order valence-electron chi connectivity index (χ2n) is 11.3. The van der Waals surface area contributed by atoms with E-state index in [2.05, 4.69) is 5.32 Å². The summed E-state index contributed by atoms with van der Waals surface area (Å²) in [6.45, 7) is 4.95. The first-order valence-corrected chi connectivity index (χ1v) is 17.4. The lowest BCUT2D eigenvalue weighted by atomic mass is 10.0. The average molecular weight is 697 g/mol. The Labute approximate surface area is 287 Å². The summed E-state index contributed by atoms with van der Waals surface area (Å²) in [5, 5.41) is 3.65. The normalized spacial score (nSPS) is 12.6. The zero-order valence-corrected chi connectivity index (χ0v) is 29.1. The summed E-state index contributed by atoms with van der Waals surface area (Å²) in [5.74, 6) is -0.475. The van der Waals surface area contributed by atoms with Gasteiger partial charge in [-0.15, -0.1) is 0 Å². The summed E-state index contributed by atoms with van der Waals surface area (Å²) in [5.41, 5.74) is 2.39. The highest BCUT2D eigenvalue weighted by Crippen LogP contribution is 2.30. The van der Waals surface area contributed by atoms with Crippen molar-refractivity contribution in [3.63, 3.8) is 0 Å². The molecule has 0 aliphatic heterocycles. The summed E-state index contributed by atoms with van der Waals surface area (Å²) in [6, 6.07) is 25.9. The van der Waals surface area contributed by atoms with E-state index < -0.39 is 28.5 Å². The highest BCUT2D eigenvalue weighted by Gasteiger charge is 2.35. The Morgan fingerprint density at radius 2 is 1.49 bits per heavy atom. The number of hydrogen-bond acceptors (Lipinski definition) is 5. The molecule has 0 spiro atoms. The number of ether oxygens (including phenoxy) is 1. The van der Waals surface area contributed by atoms with Crippen LogP contribution in [0.2, 0.25) is 10.0 Å². The number of anilines is 1. The van der Waals surface area contributed by atoms with Crippen LogP contribution >= 0.6 is 23.2 Å². The fourth-order valence-corrected chi connectivity index (χ4v) is 6.89. The Morgan fingerprint density at radius 1 is 0.872 bits per heavy atom. The van der Waals surface area contributed by atoms with Gasteiger partial charge in [0.2, 0.25) is 11.8 Å². The molecule has 47 heavy (non-hydrogen) atoms. The second-order valence-corrected chi connectivity index (χ2v) is 13.9. The molecule has 0 radical (unpaired) electrons. The Kier molecular flexibility index (Phi) is 12.3. The highest BCUT2D eigenvalue weighted by molar-refractivity contribution is 7.92. The number of carbonyl (C=O) groups excluding carboxylic acids is 2. The van der Waals surface area contributed by atoms with Gasteiger partial charge in [0.1, 0.15) is 18.3 Å². The van der Waals surface area contributed by atoms with Gasteiger partial charge in [0, 0.05) is 34.6 Å². The van der Waals surface area contributed by atoms with Crippen LogP contribution < -0.4 is 14.4 Å². The summed E-state index contributed by atoms with van der Waals surface area (Å²) in [7, 11) is -2.74. The highest BCUT2D eigenvalue weighted by atomic mass is 35.5. The van der Waals surface area contributed by atoms with Crippen LogP contribution in [0.1, 0.15) is 37.0 Å². The summed E-state index contributed by atoms with van der Waals surface area (Å²) in [6.07, 6.45) is 0.846. The number of aryl methyl sites for hydroxylation is 1. The minimum atomic E-state index is -4.24. The van der Waals surface area contributed by atoms with Crippen molar-refractivity contribution < 1.29 is 22.7 Å². The van der Waals surface area contributed by atoms with Gasteiger partial charge in [-0.05, 0) is 74.4 Å². The van der Waals surface area contributed by atoms with E-state index in [9.17, 15) is 18.0 Å². The third-order valence-corrected chi connectivity index (χ3v) is 10.4. The van der Waals surface area contributed by atoms with Gasteiger partial charge in [-0.3, -0.25) is 13.9 Å². The standard InChI is InChI=1S/C36H39Cl2N3O5S/c1-5-26(3)39-36(43)34(22-27-10-7-6-8-11-27)40(23-31-32(37)12-9-13-33(31)38)35(42)24-41(28-16-18-29(46-4)19-17-28)47(44,45)30-20-14-25(2)15-21-30/h6-21,26,34H,5,22-24H2,1-4H3,(H,39,43)/t26-,34+/m0/s1. The number of amides is 2. The number of benzene rings is 4. The molecule has 0 saturated heterocycles. The second kappa shape index (κ2) is 16.2. The number of nitrogens with zero attached hydrogens (tertiary/aromatic N) is 2. The zero-order valence-electron chi connectivity index (χ0n) is 26.8. The molecular formula is C36H39Cl2N3O5S. The third kappa shape index (κ3) is 9.06. The lowest BCUT2D eigenvalue weighted by Crippen LogP contribution is -2.54. The van der Waals surface area contributed by atoms with Crippen LogP contribution in [0.4, 0.5) is 5.69 Å². The van der Waals surface area contributed by atoms with Gasteiger partial charge in [0.15, 0.2) is 0 Å². The minimum absolute atomic E-state index is 0.0164. The smallest absolute Gasteiger partial charge is 0.264 e. The van der Waals surface area contributed by atoms with Crippen molar-refractivity contribution in [3.05, 3.63) is 124 Å². The fraction of sp³-hybridized carbons (Fsp3) is 0.278. The van der Waals surface area contributed by atoms with Gasteiger partial charge >= 0.3 is 0 Å². The minimum Gasteiger partial charge on any atom is -0.497 e. The number of hydrogen-bond donors (Lipinski definition) is 1. The largest absolute Gasteiger partial charge is 0.497 e. The lowest BCUT2D eigenvalue weighted by Gasteiger charge is -2.34. The van der Waals surface area contributed by atoms with Gasteiger partial charge in [0.05, 0.1) is 17.7 Å². The Hall–Kier alpha value is -4.05. The number of rotatable bonds is 14. The van der Waals surface area contributed by atoms with Crippen LogP contribution in [0.3, 0.4) is 0 Å². The number of nitrogens with one attached hydrogen (secondary N) is 1. The van der Waals surface area contributed by atoms with E-state index in [0.29, 0.717) is 27.8 Å². The molecule has 0 saturated carbocycles. The Bertz CT molecular complexity index is 1750. The van der Waals surface area contributed by atoms with Crippen molar-refractivity contribution in [1.29, 1.82) is 0 Å². The molecule has 248 valence electrons. The molecular weight excluding hydrogens is 657 g/mol. The lowest BCUT2D eigenvalue weighted by molar-refractivity contribution is -0.140. The molecule has 2 amide bonds. The molecule has 0 aliphatic carbocycles. The quantitative estimate of drug-likeness (QED) is 0.152. The van der Waals surface area contributed by atoms with Crippen LogP contribution in [0.25, 0.3) is 0 Å². The number of halogens is 2. The Balaban J connectivity index is 1.84. The molecule has 0 unspecified atom stereocenters. The van der Waals surface area contributed by atoms with Gasteiger partial charge in [0.25, 0.3) is 10.0 Å². The molecule has 4 aromatic rings. The van der Waals surface area contributed by atoms with E-state index in [1.54, 1.807) is 54.6 Å². The average Bonchev–Trinajstić information content (AvgIpc) is 3.06. The van der Waals surface area contributed by atoms with E-state index >= 15 is 0 Å². The first kappa shape index (κ1) is 35.8. The van der Waals surface area contributed by atoms with Crippen LogP contribution in [0.5, 0.6) is 5.75 Å². The molecule has 1 N–H and O–H groups in total. The molecule has 0 aromatic heterocycles. The number of carbonyl (C=O) groups is 2. The molecule has 0 bridgehead atoms. The van der Waals surface area contributed by atoms with Crippen molar-refractivity contribution in [2.75, 3.05) is 18.0 Å². The number of sulfonamides is 1. The van der Waals surface area contributed by atoms with Gasteiger partial charge in [-0.25, -0.2) is 8.42 Å². The van der Waals surface area contributed by atoms with Crippen LogP contribution in [0.15, 0.2) is 102 Å². The summed E-state index contributed by atoms with van der Waals surface area (Å²) >= 11 is 13.2. The van der Waals surface area contributed by atoms with Crippen molar-refractivity contribution in [2.24, 2.45) is 0 Å². The molecule has 4 rings (SSSR count). The fourth-order valence-electron chi connectivity index (χ4n) is 4.96. The molecule has 11 heteroatoms. The maximum Gasteiger partial charge on any atom is 0.264 e. The monoisotopic (exact) mass is 695 g/mol. The van der Waals surface area contributed by atoms with Crippen LogP contribution in [-0.2, 0) is 32.6 Å². The van der Waals surface area contributed by atoms with Crippen LogP contribution in [-0.4, -0.2) is 50.9 Å². The van der Waals surface area contributed by atoms with E-state index in [-0.39, 0.29) is 35.5 Å². The van der Waals surface area contributed by atoms with Crippen molar-refractivity contribution in [2.45, 2.75) is 57.1 Å². The van der Waals surface area contributed by atoms with Crippen molar-refractivity contribution in [3.8, 4) is 5.75 Å². The summed E-state index contributed by atoms with van der Waals surface area (Å²) in [4.78, 5) is 30.0. The maximum absolute atomic E-state index is 14.6. The Morgan fingerprint density at radius 3 is 2.06 bits per heavy atom. The first-order chi connectivity index (χ1) is 22.4. The molecule has 4 aromatic carbocycles. The van der Waals surface area contributed by atoms with E-state index in [4.69, 9.17) is 27.9 Å². The predicted octanol–water partition coefficient (Wildman–Crippen LogP) is 7.06. The van der Waals surface area contributed by atoms with Crippen LogP contribution in [0, 0.1) is 6.92 Å². The molecule has 0 fully saturated rings. The number of methoxy groups -OCH3 is 1. The zero-order chi connectivity index (χ0) is 34.1. The van der Waals surface area contributed by atoms with Gasteiger partial charge in [-0.1, -0.05) is 84.2 Å². The maximum atomic E-state index is 14.6. The molecule has 2 atom stereocenters. The molecule has 0 aliphatic rings. The summed E-state index contributed by atoms with van der Waals surface area (Å²) < 4.78 is 34.7. The van der Waals surface area contributed by atoms with E-state index in [1.807, 2.05) is 51.1 Å². The van der Waals surface area contributed by atoms with E-state index in [1.165, 1.54) is 24.1 Å². The van der Waals surface area contributed by atoms with E-state index in [0.717, 1.165) is 15.4 Å².